The second kappa shape index (κ2) is 7.33. The fourth-order valence-corrected chi connectivity index (χ4v) is 3.56. The molecule has 0 aliphatic carbocycles. The van der Waals surface area contributed by atoms with E-state index >= 15 is 0 Å². The highest BCUT2D eigenvalue weighted by Gasteiger charge is 2.19. The Labute approximate surface area is 155 Å². The van der Waals surface area contributed by atoms with E-state index in [2.05, 4.69) is 19.9 Å². The molecule has 1 aliphatic rings. The molecule has 27 heavy (non-hydrogen) atoms. The number of pyridine rings is 1. The van der Waals surface area contributed by atoms with Gasteiger partial charge in [-0.15, -0.1) is 10.2 Å². The van der Waals surface area contributed by atoms with Gasteiger partial charge in [-0.2, -0.15) is 0 Å². The van der Waals surface area contributed by atoms with E-state index in [-0.39, 0.29) is 17.9 Å². The monoisotopic (exact) mass is 388 g/mol. The van der Waals surface area contributed by atoms with E-state index < -0.39 is 10.0 Å². The Morgan fingerprint density at radius 1 is 1.04 bits per heavy atom. The van der Waals surface area contributed by atoms with Gasteiger partial charge in [-0.25, -0.2) is 13.1 Å². The minimum absolute atomic E-state index is 0.103. The predicted molar refractivity (Wildman–Crippen MR) is 93.9 cm³/mol. The van der Waals surface area contributed by atoms with Crippen LogP contribution in [0.3, 0.4) is 0 Å². The molecule has 0 atom stereocenters. The lowest BCUT2D eigenvalue weighted by molar-refractivity contribution is 0.171. The molecule has 0 saturated heterocycles. The summed E-state index contributed by atoms with van der Waals surface area (Å²) >= 11 is 0. The topological polar surface area (TPSA) is 116 Å². The number of aromatic nitrogens is 3. The molecule has 0 unspecified atom stereocenters. The number of nitrogens with zero attached hydrogens (tertiary/aromatic N) is 3. The normalized spacial score (nSPS) is 13.5. The zero-order valence-corrected chi connectivity index (χ0v) is 15.0. The van der Waals surface area contributed by atoms with Crippen LogP contribution in [0.5, 0.6) is 11.5 Å². The summed E-state index contributed by atoms with van der Waals surface area (Å²) in [6.45, 7) is 0.947. The van der Waals surface area contributed by atoms with Crippen LogP contribution in [-0.2, 0) is 16.4 Å². The number of rotatable bonds is 6. The summed E-state index contributed by atoms with van der Waals surface area (Å²) < 4.78 is 43.7. The zero-order valence-electron chi connectivity index (χ0n) is 14.2. The van der Waals surface area contributed by atoms with Crippen LogP contribution in [0.4, 0.5) is 0 Å². The lowest BCUT2D eigenvalue weighted by Gasteiger charge is -2.18. The summed E-state index contributed by atoms with van der Waals surface area (Å²) in [4.78, 5) is 4.23. The molecule has 2 aromatic heterocycles. The van der Waals surface area contributed by atoms with Gasteiger partial charge in [0.1, 0.15) is 18.9 Å². The number of nitrogens with one attached hydrogen (secondary N) is 1. The van der Waals surface area contributed by atoms with Crippen LogP contribution < -0.4 is 14.2 Å². The summed E-state index contributed by atoms with van der Waals surface area (Å²) in [5.74, 6) is 1.56. The molecule has 0 spiro atoms. The number of sulfonamides is 1. The minimum atomic E-state index is -3.70. The van der Waals surface area contributed by atoms with Crippen molar-refractivity contribution in [2.75, 3.05) is 19.8 Å². The molecule has 0 amide bonds. The van der Waals surface area contributed by atoms with E-state index in [1.165, 1.54) is 12.1 Å². The van der Waals surface area contributed by atoms with Crippen molar-refractivity contribution in [2.24, 2.45) is 0 Å². The Bertz CT molecular complexity index is 1040. The Hall–Kier alpha value is -2.98. The van der Waals surface area contributed by atoms with E-state index in [0.717, 1.165) is 0 Å². The molecule has 3 heterocycles. The average Bonchev–Trinajstić information content (AvgIpc) is 3.17. The van der Waals surface area contributed by atoms with Crippen molar-refractivity contribution in [1.29, 1.82) is 0 Å². The van der Waals surface area contributed by atoms with Crippen molar-refractivity contribution in [3.05, 3.63) is 48.5 Å². The van der Waals surface area contributed by atoms with Gasteiger partial charge < -0.3 is 13.9 Å². The zero-order chi connectivity index (χ0) is 18.7. The molecular weight excluding hydrogens is 372 g/mol. The molecule has 140 valence electrons. The molecule has 3 aromatic rings. The number of ether oxygens (including phenoxy) is 2. The molecule has 0 radical (unpaired) electrons. The SMILES string of the molecule is O=S(=O)(NCCc1nnc(-c2ccccn2)o1)c1ccc2c(c1)OCCO2. The first-order valence-electron chi connectivity index (χ1n) is 8.25. The van der Waals surface area contributed by atoms with Crippen LogP contribution >= 0.6 is 0 Å². The highest BCUT2D eigenvalue weighted by molar-refractivity contribution is 7.89. The largest absolute Gasteiger partial charge is 0.486 e. The highest BCUT2D eigenvalue weighted by atomic mass is 32.2. The van der Waals surface area contributed by atoms with Crippen LogP contribution in [0.1, 0.15) is 5.89 Å². The summed E-state index contributed by atoms with van der Waals surface area (Å²) in [6.07, 6.45) is 1.88. The molecule has 0 bridgehead atoms. The van der Waals surface area contributed by atoms with Crippen LogP contribution in [0.25, 0.3) is 11.6 Å². The maximum atomic E-state index is 12.5. The lowest BCUT2D eigenvalue weighted by atomic mass is 10.3. The second-order valence-electron chi connectivity index (χ2n) is 5.67. The molecule has 1 aliphatic heterocycles. The van der Waals surface area contributed by atoms with Gasteiger partial charge in [-0.3, -0.25) is 4.98 Å². The summed E-state index contributed by atoms with van der Waals surface area (Å²) in [5.41, 5.74) is 0.563. The van der Waals surface area contributed by atoms with E-state index in [1.807, 2.05) is 6.07 Å². The molecule has 1 aromatic carbocycles. The van der Waals surface area contributed by atoms with Gasteiger partial charge >= 0.3 is 0 Å². The second-order valence-corrected chi connectivity index (χ2v) is 7.44. The maximum absolute atomic E-state index is 12.5. The fourth-order valence-electron chi connectivity index (χ4n) is 2.51. The van der Waals surface area contributed by atoms with Crippen LogP contribution in [0.2, 0.25) is 0 Å². The van der Waals surface area contributed by atoms with E-state index in [1.54, 1.807) is 24.4 Å². The molecule has 0 saturated carbocycles. The molecule has 1 N–H and O–H groups in total. The lowest BCUT2D eigenvalue weighted by Crippen LogP contribution is -2.26. The summed E-state index contributed by atoms with van der Waals surface area (Å²) in [7, 11) is -3.70. The predicted octanol–water partition coefficient (Wildman–Crippen LogP) is 1.42. The number of hydrogen-bond donors (Lipinski definition) is 1. The third-order valence-corrected chi connectivity index (χ3v) is 5.26. The molecule has 0 fully saturated rings. The Morgan fingerprint density at radius 3 is 2.70 bits per heavy atom. The van der Waals surface area contributed by atoms with Crippen LogP contribution in [0, 0.1) is 0 Å². The molecule has 9 nitrogen and oxygen atoms in total. The Balaban J connectivity index is 1.39. The fraction of sp³-hybridized carbons (Fsp3) is 0.235. The first-order valence-corrected chi connectivity index (χ1v) is 9.73. The number of hydrogen-bond acceptors (Lipinski definition) is 8. The van der Waals surface area contributed by atoms with Gasteiger partial charge in [0, 0.05) is 25.2 Å². The molecule has 4 rings (SSSR count). The van der Waals surface area contributed by atoms with E-state index in [0.29, 0.717) is 42.2 Å². The third-order valence-electron chi connectivity index (χ3n) is 3.81. The standard InChI is InChI=1S/C17H16N4O5S/c22-27(23,12-4-5-14-15(11-12)25-10-9-24-14)19-8-6-16-20-21-17(26-16)13-3-1-2-7-18-13/h1-5,7,11,19H,6,8-10H2. The van der Waals surface area contributed by atoms with Crippen molar-refractivity contribution in [3.8, 4) is 23.1 Å². The minimum Gasteiger partial charge on any atom is -0.486 e. The van der Waals surface area contributed by atoms with E-state index in [9.17, 15) is 8.42 Å². The first-order chi connectivity index (χ1) is 13.1. The number of fused-ring (bicyclic) bond motifs is 1. The average molecular weight is 388 g/mol. The Morgan fingerprint density at radius 2 is 1.89 bits per heavy atom. The Kier molecular flexibility index (Phi) is 4.73. The smallest absolute Gasteiger partial charge is 0.266 e. The highest BCUT2D eigenvalue weighted by Crippen LogP contribution is 2.32. The van der Waals surface area contributed by atoms with Gasteiger partial charge in [0.2, 0.25) is 15.9 Å². The van der Waals surface area contributed by atoms with Crippen LogP contribution in [0.15, 0.2) is 51.9 Å². The summed E-state index contributed by atoms with van der Waals surface area (Å²) in [6, 6.07) is 9.85. The van der Waals surface area contributed by atoms with Crippen molar-refractivity contribution in [2.45, 2.75) is 11.3 Å². The van der Waals surface area contributed by atoms with Crippen molar-refractivity contribution in [1.82, 2.24) is 19.9 Å². The third kappa shape index (κ3) is 3.91. The van der Waals surface area contributed by atoms with Crippen molar-refractivity contribution >= 4 is 10.0 Å². The van der Waals surface area contributed by atoms with Gasteiger partial charge in [0.25, 0.3) is 5.89 Å². The van der Waals surface area contributed by atoms with Crippen molar-refractivity contribution < 1.29 is 22.3 Å². The molecular formula is C17H16N4O5S. The quantitative estimate of drug-likeness (QED) is 0.674. The van der Waals surface area contributed by atoms with Gasteiger partial charge in [0.15, 0.2) is 11.5 Å². The van der Waals surface area contributed by atoms with Gasteiger partial charge in [0.05, 0.1) is 4.90 Å². The molecule has 10 heteroatoms. The van der Waals surface area contributed by atoms with Gasteiger partial charge in [-0.05, 0) is 24.3 Å². The summed E-state index contributed by atoms with van der Waals surface area (Å²) in [5, 5.41) is 7.84. The van der Waals surface area contributed by atoms with Crippen LogP contribution in [-0.4, -0.2) is 43.4 Å². The van der Waals surface area contributed by atoms with E-state index in [4.69, 9.17) is 13.9 Å². The maximum Gasteiger partial charge on any atom is 0.266 e. The number of benzene rings is 1. The first kappa shape index (κ1) is 17.4. The van der Waals surface area contributed by atoms with Crippen molar-refractivity contribution in [3.63, 3.8) is 0 Å². The van der Waals surface area contributed by atoms with Gasteiger partial charge in [-0.1, -0.05) is 6.07 Å².